The predicted molar refractivity (Wildman–Crippen MR) is 77.8 cm³/mol. The van der Waals surface area contributed by atoms with Gasteiger partial charge in [0.15, 0.2) is 5.60 Å². The molecule has 1 rings (SSSR count). The van der Waals surface area contributed by atoms with Crippen LogP contribution in [0, 0.1) is 0 Å². The van der Waals surface area contributed by atoms with Crippen molar-refractivity contribution in [2.45, 2.75) is 25.9 Å². The highest BCUT2D eigenvalue weighted by atomic mass is 35.5. The molecule has 1 amide bonds. The fourth-order valence-corrected chi connectivity index (χ4v) is 1.61. The molecule has 0 aliphatic heterocycles. The van der Waals surface area contributed by atoms with Gasteiger partial charge in [-0.05, 0) is 31.5 Å². The van der Waals surface area contributed by atoms with Crippen molar-refractivity contribution in [2.24, 2.45) is 0 Å². The Kier molecular flexibility index (Phi) is 5.99. The van der Waals surface area contributed by atoms with Crippen molar-refractivity contribution in [1.29, 1.82) is 0 Å². The largest absolute Gasteiger partial charge is 0.493 e. The van der Waals surface area contributed by atoms with Crippen molar-refractivity contribution in [1.82, 2.24) is 5.32 Å². The van der Waals surface area contributed by atoms with Gasteiger partial charge < -0.3 is 20.3 Å². The van der Waals surface area contributed by atoms with Crippen molar-refractivity contribution in [3.8, 4) is 5.75 Å². The number of carboxylic acids is 1. The summed E-state index contributed by atoms with van der Waals surface area (Å²) in [5, 5.41) is 21.1. The second-order valence-electron chi connectivity index (χ2n) is 4.75. The van der Waals surface area contributed by atoms with Gasteiger partial charge in [0.2, 0.25) is 0 Å². The van der Waals surface area contributed by atoms with Crippen molar-refractivity contribution < 1.29 is 24.5 Å². The van der Waals surface area contributed by atoms with Crippen molar-refractivity contribution in [2.75, 3.05) is 13.2 Å². The molecule has 0 spiro atoms. The normalized spacial score (nSPS) is 13.3. The molecule has 0 radical (unpaired) electrons. The van der Waals surface area contributed by atoms with Crippen LogP contribution in [0.25, 0.3) is 0 Å². The number of hydrogen-bond acceptors (Lipinski definition) is 4. The summed E-state index contributed by atoms with van der Waals surface area (Å²) < 4.78 is 5.44. The molecule has 1 aromatic rings. The molecule has 1 aromatic carbocycles. The number of nitrogens with one attached hydrogen (secondary N) is 1. The van der Waals surface area contributed by atoms with Crippen molar-refractivity contribution >= 4 is 23.5 Å². The minimum absolute atomic E-state index is 0.192. The number of benzene rings is 1. The van der Waals surface area contributed by atoms with Crippen LogP contribution < -0.4 is 10.1 Å². The van der Waals surface area contributed by atoms with E-state index in [0.29, 0.717) is 17.4 Å². The first-order valence-corrected chi connectivity index (χ1v) is 6.82. The third kappa shape index (κ3) is 4.91. The van der Waals surface area contributed by atoms with Gasteiger partial charge in [-0.25, -0.2) is 4.79 Å². The zero-order valence-corrected chi connectivity index (χ0v) is 12.6. The number of aliphatic hydroxyl groups is 1. The molecular formula is C14H18ClNO5. The Morgan fingerprint density at radius 2 is 2.10 bits per heavy atom. The summed E-state index contributed by atoms with van der Waals surface area (Å²) in [6, 6.07) is 4.59. The van der Waals surface area contributed by atoms with Crippen LogP contribution in [0.5, 0.6) is 5.75 Å². The van der Waals surface area contributed by atoms with E-state index < -0.39 is 24.0 Å². The minimum atomic E-state index is -2.04. The van der Waals surface area contributed by atoms with Crippen LogP contribution in [0.1, 0.15) is 30.6 Å². The van der Waals surface area contributed by atoms with Crippen LogP contribution in [0.3, 0.4) is 0 Å². The minimum Gasteiger partial charge on any atom is -0.493 e. The number of amides is 1. The van der Waals surface area contributed by atoms with Crippen molar-refractivity contribution in [3.05, 3.63) is 28.8 Å². The van der Waals surface area contributed by atoms with Gasteiger partial charge in [0, 0.05) is 5.02 Å². The number of carboxylic acid groups (broad SMARTS) is 1. The average Bonchev–Trinajstić information content (AvgIpc) is 2.43. The fourth-order valence-electron chi connectivity index (χ4n) is 1.44. The van der Waals surface area contributed by atoms with Gasteiger partial charge in [-0.1, -0.05) is 18.5 Å². The Morgan fingerprint density at radius 1 is 1.43 bits per heavy atom. The van der Waals surface area contributed by atoms with Gasteiger partial charge in [-0.3, -0.25) is 4.79 Å². The lowest BCUT2D eigenvalue weighted by Gasteiger charge is -2.19. The van der Waals surface area contributed by atoms with E-state index in [1.54, 1.807) is 12.1 Å². The Morgan fingerprint density at radius 3 is 2.67 bits per heavy atom. The lowest BCUT2D eigenvalue weighted by Crippen LogP contribution is -2.46. The Labute approximate surface area is 127 Å². The van der Waals surface area contributed by atoms with Gasteiger partial charge in [-0.15, -0.1) is 0 Å². The second kappa shape index (κ2) is 7.28. The number of carbonyl (C=O) groups is 2. The van der Waals surface area contributed by atoms with Gasteiger partial charge in [0.1, 0.15) is 5.75 Å². The number of ether oxygens (including phenoxy) is 1. The highest BCUT2D eigenvalue weighted by molar-refractivity contribution is 6.31. The monoisotopic (exact) mass is 315 g/mol. The SMILES string of the molecule is CCCOc1ccc(Cl)cc1C(=O)NCC(C)(O)C(=O)O. The van der Waals surface area contributed by atoms with E-state index in [0.717, 1.165) is 13.3 Å². The molecule has 7 heteroatoms. The number of aliphatic carboxylic acids is 1. The molecule has 6 nitrogen and oxygen atoms in total. The third-order valence-corrected chi connectivity index (χ3v) is 2.94. The quantitative estimate of drug-likeness (QED) is 0.711. The summed E-state index contributed by atoms with van der Waals surface area (Å²) in [7, 11) is 0. The number of halogens is 1. The number of hydrogen-bond donors (Lipinski definition) is 3. The first kappa shape index (κ1) is 17.3. The molecule has 116 valence electrons. The van der Waals surface area contributed by atoms with E-state index in [1.165, 1.54) is 6.07 Å². The van der Waals surface area contributed by atoms with E-state index in [2.05, 4.69) is 5.32 Å². The van der Waals surface area contributed by atoms with E-state index in [-0.39, 0.29) is 5.56 Å². The Balaban J connectivity index is 2.86. The van der Waals surface area contributed by atoms with Crippen LogP contribution in [-0.4, -0.2) is 40.8 Å². The van der Waals surface area contributed by atoms with Gasteiger partial charge in [0.05, 0.1) is 18.7 Å². The topological polar surface area (TPSA) is 95.9 Å². The van der Waals surface area contributed by atoms with Gasteiger partial charge in [0.25, 0.3) is 5.91 Å². The molecule has 0 saturated carbocycles. The molecule has 0 heterocycles. The van der Waals surface area contributed by atoms with Crippen molar-refractivity contribution in [3.63, 3.8) is 0 Å². The summed E-state index contributed by atoms with van der Waals surface area (Å²) in [6.07, 6.45) is 0.775. The molecule has 1 unspecified atom stereocenters. The fraction of sp³-hybridized carbons (Fsp3) is 0.429. The zero-order chi connectivity index (χ0) is 16.0. The van der Waals surface area contributed by atoms with Crippen LogP contribution in [0.15, 0.2) is 18.2 Å². The van der Waals surface area contributed by atoms with Crippen LogP contribution in [-0.2, 0) is 4.79 Å². The van der Waals surface area contributed by atoms with Crippen LogP contribution in [0.4, 0.5) is 0 Å². The molecular weight excluding hydrogens is 298 g/mol. The highest BCUT2D eigenvalue weighted by Crippen LogP contribution is 2.23. The summed E-state index contributed by atoms with van der Waals surface area (Å²) in [6.45, 7) is 3.04. The lowest BCUT2D eigenvalue weighted by molar-refractivity contribution is -0.155. The molecule has 1 atom stereocenters. The summed E-state index contributed by atoms with van der Waals surface area (Å²) in [5.41, 5.74) is -1.85. The predicted octanol–water partition coefficient (Wildman–Crippen LogP) is 1.69. The lowest BCUT2D eigenvalue weighted by atomic mass is 10.1. The van der Waals surface area contributed by atoms with E-state index >= 15 is 0 Å². The highest BCUT2D eigenvalue weighted by Gasteiger charge is 2.30. The first-order valence-electron chi connectivity index (χ1n) is 6.44. The Hall–Kier alpha value is -1.79. The summed E-state index contributed by atoms with van der Waals surface area (Å²) in [5.74, 6) is -1.63. The molecule has 0 aliphatic rings. The van der Waals surface area contributed by atoms with E-state index in [4.69, 9.17) is 21.4 Å². The maximum Gasteiger partial charge on any atom is 0.337 e. The third-order valence-electron chi connectivity index (χ3n) is 2.70. The van der Waals surface area contributed by atoms with E-state index in [1.807, 2.05) is 6.92 Å². The van der Waals surface area contributed by atoms with Crippen LogP contribution >= 0.6 is 11.6 Å². The summed E-state index contributed by atoms with van der Waals surface area (Å²) >= 11 is 5.86. The Bertz CT molecular complexity index is 530. The van der Waals surface area contributed by atoms with Gasteiger partial charge >= 0.3 is 5.97 Å². The smallest absolute Gasteiger partial charge is 0.337 e. The molecule has 0 aromatic heterocycles. The zero-order valence-electron chi connectivity index (χ0n) is 11.9. The average molecular weight is 316 g/mol. The number of rotatable bonds is 7. The maximum atomic E-state index is 12.1. The standard InChI is InChI=1S/C14H18ClNO5/c1-3-6-21-11-5-4-9(15)7-10(11)12(17)16-8-14(2,20)13(18)19/h4-5,7,20H,3,6,8H2,1-2H3,(H,16,17)(H,18,19). The molecule has 0 bridgehead atoms. The summed E-state index contributed by atoms with van der Waals surface area (Å²) in [4.78, 5) is 22.9. The maximum absolute atomic E-state index is 12.1. The second-order valence-corrected chi connectivity index (χ2v) is 5.19. The van der Waals surface area contributed by atoms with Crippen LogP contribution in [0.2, 0.25) is 5.02 Å². The molecule has 0 saturated heterocycles. The molecule has 3 N–H and O–H groups in total. The molecule has 0 fully saturated rings. The van der Waals surface area contributed by atoms with Gasteiger partial charge in [-0.2, -0.15) is 0 Å². The molecule has 21 heavy (non-hydrogen) atoms. The molecule has 0 aliphatic carbocycles. The number of carbonyl (C=O) groups excluding carboxylic acids is 1. The first-order chi connectivity index (χ1) is 9.77. The van der Waals surface area contributed by atoms with E-state index in [9.17, 15) is 14.7 Å².